The smallest absolute Gasteiger partial charge is 0.0726 e. The van der Waals surface area contributed by atoms with Crippen LogP contribution >= 0.6 is 0 Å². The van der Waals surface area contributed by atoms with E-state index in [1.807, 2.05) is 0 Å². The second kappa shape index (κ2) is 12.8. The van der Waals surface area contributed by atoms with Gasteiger partial charge in [0.1, 0.15) is 0 Å². The first-order valence-electron chi connectivity index (χ1n) is 20.2. The van der Waals surface area contributed by atoms with E-state index in [1.165, 1.54) is 88.3 Å². The summed E-state index contributed by atoms with van der Waals surface area (Å²) in [6, 6.07) is 83.2. The van der Waals surface area contributed by atoms with Gasteiger partial charge in [0.15, 0.2) is 0 Å². The molecule has 1 heteroatoms. The van der Waals surface area contributed by atoms with Gasteiger partial charge in [-0.3, -0.25) is 0 Å². The summed E-state index contributed by atoms with van der Waals surface area (Å²) in [5, 5.41) is 4.91. The van der Waals surface area contributed by atoms with E-state index < -0.39 is 5.41 Å². The van der Waals surface area contributed by atoms with Gasteiger partial charge in [0.25, 0.3) is 0 Å². The number of nitrogens with zero attached hydrogens (tertiary/aromatic N) is 1. The molecule has 0 unspecified atom stereocenters. The van der Waals surface area contributed by atoms with Crippen LogP contribution in [0.2, 0.25) is 0 Å². The number of hydrogen-bond donors (Lipinski definition) is 0. The van der Waals surface area contributed by atoms with Crippen molar-refractivity contribution in [3.05, 3.63) is 247 Å². The van der Waals surface area contributed by atoms with Crippen molar-refractivity contribution in [2.45, 2.75) is 5.41 Å². The number of para-hydroxylation sites is 1. The Labute approximate surface area is 338 Å². The van der Waals surface area contributed by atoms with Gasteiger partial charge in [-0.25, -0.2) is 0 Å². The van der Waals surface area contributed by atoms with Crippen molar-refractivity contribution in [1.82, 2.24) is 0 Å². The lowest BCUT2D eigenvalue weighted by Gasteiger charge is -2.33. The Bertz CT molecular complexity index is 3180. The molecule has 0 aromatic heterocycles. The van der Waals surface area contributed by atoms with Crippen molar-refractivity contribution in [1.29, 1.82) is 0 Å². The fourth-order valence-electron chi connectivity index (χ4n) is 10.3. The van der Waals surface area contributed by atoms with Crippen LogP contribution in [0.4, 0.5) is 17.1 Å². The van der Waals surface area contributed by atoms with Gasteiger partial charge < -0.3 is 4.90 Å². The quantitative estimate of drug-likeness (QED) is 0.170. The molecular formula is C57H37N. The Morgan fingerprint density at radius 1 is 0.293 bits per heavy atom. The van der Waals surface area contributed by atoms with Crippen LogP contribution in [0.15, 0.2) is 224 Å². The number of hydrogen-bond acceptors (Lipinski definition) is 1. The van der Waals surface area contributed by atoms with Gasteiger partial charge >= 0.3 is 0 Å². The normalized spacial score (nSPS) is 13.0. The first kappa shape index (κ1) is 32.7. The van der Waals surface area contributed by atoms with Crippen molar-refractivity contribution in [3.63, 3.8) is 0 Å². The summed E-state index contributed by atoms with van der Waals surface area (Å²) in [4.78, 5) is 2.54. The molecule has 0 fully saturated rings. The van der Waals surface area contributed by atoms with E-state index in [0.717, 1.165) is 17.1 Å². The molecular weight excluding hydrogens is 699 g/mol. The average Bonchev–Trinajstić information content (AvgIpc) is 3.76. The summed E-state index contributed by atoms with van der Waals surface area (Å²) in [6.07, 6.45) is 0. The predicted molar refractivity (Wildman–Crippen MR) is 243 cm³/mol. The second-order valence-electron chi connectivity index (χ2n) is 15.5. The number of rotatable bonds is 5. The van der Waals surface area contributed by atoms with Crippen LogP contribution in [0.3, 0.4) is 0 Å². The first-order chi connectivity index (χ1) is 28.8. The largest absolute Gasteiger partial charge is 0.309 e. The summed E-state index contributed by atoms with van der Waals surface area (Å²) >= 11 is 0. The van der Waals surface area contributed by atoms with Crippen LogP contribution in [-0.2, 0) is 5.41 Å². The molecule has 0 amide bonds. The minimum Gasteiger partial charge on any atom is -0.309 e. The van der Waals surface area contributed by atoms with E-state index in [4.69, 9.17) is 0 Å². The van der Waals surface area contributed by atoms with Gasteiger partial charge in [-0.15, -0.1) is 0 Å². The minimum absolute atomic E-state index is 0.457. The standard InChI is InChI=1S/C57H37N/c1-2-19-40(20-3-1)56-43-23-7-5-18-39(43)33-36-55(56)58(54-32-15-11-27-49(54)44-28-16-21-38-17-4-6-22-42(38)44)41-34-35-48-47-26-10-14-31-52(47)57(53(48)37-41)50-29-12-8-24-45(50)46-25-9-13-30-51(46)57/h1-37H. The highest BCUT2D eigenvalue weighted by molar-refractivity contribution is 6.08. The monoisotopic (exact) mass is 735 g/mol. The van der Waals surface area contributed by atoms with Crippen LogP contribution in [0.1, 0.15) is 22.3 Å². The van der Waals surface area contributed by atoms with E-state index in [1.54, 1.807) is 0 Å². The number of benzene rings is 10. The summed E-state index contributed by atoms with van der Waals surface area (Å²) in [6.45, 7) is 0. The zero-order chi connectivity index (χ0) is 38.2. The zero-order valence-electron chi connectivity index (χ0n) is 31.8. The van der Waals surface area contributed by atoms with E-state index in [2.05, 4.69) is 229 Å². The summed E-state index contributed by atoms with van der Waals surface area (Å²) in [5.74, 6) is 0. The van der Waals surface area contributed by atoms with Crippen molar-refractivity contribution >= 4 is 38.6 Å². The Hall–Kier alpha value is -7.48. The molecule has 12 rings (SSSR count). The third-order valence-electron chi connectivity index (χ3n) is 12.7. The van der Waals surface area contributed by atoms with Gasteiger partial charge in [0.05, 0.1) is 16.8 Å². The molecule has 2 aliphatic rings. The highest BCUT2D eigenvalue weighted by atomic mass is 15.1. The molecule has 0 radical (unpaired) electrons. The highest BCUT2D eigenvalue weighted by Gasteiger charge is 2.51. The first-order valence-corrected chi connectivity index (χ1v) is 20.2. The summed E-state index contributed by atoms with van der Waals surface area (Å²) < 4.78 is 0. The number of fused-ring (bicyclic) bond motifs is 12. The fourth-order valence-corrected chi connectivity index (χ4v) is 10.3. The lowest BCUT2D eigenvalue weighted by Crippen LogP contribution is -2.26. The van der Waals surface area contributed by atoms with E-state index in [-0.39, 0.29) is 0 Å². The molecule has 0 saturated carbocycles. The molecule has 58 heavy (non-hydrogen) atoms. The Kier molecular flexibility index (Phi) is 7.21. The van der Waals surface area contributed by atoms with Crippen molar-refractivity contribution in [2.24, 2.45) is 0 Å². The van der Waals surface area contributed by atoms with E-state index in [9.17, 15) is 0 Å². The van der Waals surface area contributed by atoms with Crippen LogP contribution < -0.4 is 4.90 Å². The van der Waals surface area contributed by atoms with Crippen LogP contribution in [0, 0.1) is 0 Å². The van der Waals surface area contributed by atoms with E-state index >= 15 is 0 Å². The second-order valence-corrected chi connectivity index (χ2v) is 15.5. The van der Waals surface area contributed by atoms with Gasteiger partial charge in [-0.2, -0.15) is 0 Å². The van der Waals surface area contributed by atoms with Crippen LogP contribution in [0.25, 0.3) is 66.1 Å². The molecule has 1 spiro atoms. The SMILES string of the molecule is c1ccc(-c2c(N(c3ccc4c(c3)C3(c5ccccc5-c5ccccc53)c3ccccc3-4)c3ccccc3-c3cccc4ccccc34)ccc3ccccc23)cc1. The van der Waals surface area contributed by atoms with Crippen molar-refractivity contribution in [2.75, 3.05) is 4.90 Å². The molecule has 0 atom stereocenters. The molecule has 0 bridgehead atoms. The lowest BCUT2D eigenvalue weighted by atomic mass is 9.70. The highest BCUT2D eigenvalue weighted by Crippen LogP contribution is 2.63. The maximum atomic E-state index is 2.54. The topological polar surface area (TPSA) is 3.24 Å². The third kappa shape index (κ3) is 4.59. The van der Waals surface area contributed by atoms with Gasteiger partial charge in [-0.1, -0.05) is 200 Å². The van der Waals surface area contributed by atoms with Gasteiger partial charge in [0.2, 0.25) is 0 Å². The van der Waals surface area contributed by atoms with Gasteiger partial charge in [-0.05, 0) is 101 Å². The van der Waals surface area contributed by atoms with Crippen molar-refractivity contribution < 1.29 is 0 Å². The number of anilines is 3. The van der Waals surface area contributed by atoms with E-state index in [0.29, 0.717) is 0 Å². The predicted octanol–water partition coefficient (Wildman–Crippen LogP) is 15.1. The minimum atomic E-state index is -0.457. The Morgan fingerprint density at radius 2 is 0.793 bits per heavy atom. The molecule has 10 aromatic carbocycles. The molecule has 1 nitrogen and oxygen atoms in total. The van der Waals surface area contributed by atoms with Crippen LogP contribution in [-0.4, -0.2) is 0 Å². The van der Waals surface area contributed by atoms with Crippen molar-refractivity contribution in [3.8, 4) is 44.5 Å². The fraction of sp³-hybridized carbons (Fsp3) is 0.0175. The molecule has 0 saturated heterocycles. The van der Waals surface area contributed by atoms with Gasteiger partial charge in [0, 0.05) is 16.8 Å². The zero-order valence-corrected chi connectivity index (χ0v) is 31.8. The average molecular weight is 736 g/mol. The molecule has 0 heterocycles. The molecule has 0 aliphatic heterocycles. The Morgan fingerprint density at radius 3 is 1.48 bits per heavy atom. The third-order valence-corrected chi connectivity index (χ3v) is 12.7. The maximum Gasteiger partial charge on any atom is 0.0726 e. The summed E-state index contributed by atoms with van der Waals surface area (Å²) in [7, 11) is 0. The molecule has 2 aliphatic carbocycles. The molecule has 0 N–H and O–H groups in total. The van der Waals surface area contributed by atoms with Crippen LogP contribution in [0.5, 0.6) is 0 Å². The lowest BCUT2D eigenvalue weighted by molar-refractivity contribution is 0.793. The maximum absolute atomic E-state index is 2.54. The molecule has 270 valence electrons. The Balaban J connectivity index is 1.20. The summed E-state index contributed by atoms with van der Waals surface area (Å²) in [5.41, 5.74) is 18.3. The molecule has 10 aromatic rings.